The van der Waals surface area contributed by atoms with E-state index in [1.54, 1.807) is 69.9 Å². The summed E-state index contributed by atoms with van der Waals surface area (Å²) < 4.78 is 10.7. The zero-order valence-corrected chi connectivity index (χ0v) is 20.9. The van der Waals surface area contributed by atoms with Crippen LogP contribution in [0.15, 0.2) is 45.7 Å². The quantitative estimate of drug-likeness (QED) is 0.542. The smallest absolute Gasteiger partial charge is 0.412 e. The summed E-state index contributed by atoms with van der Waals surface area (Å²) >= 11 is 0. The summed E-state index contributed by atoms with van der Waals surface area (Å²) in [5, 5.41) is 2.92. The Labute approximate surface area is 203 Å². The van der Waals surface area contributed by atoms with E-state index in [0.717, 1.165) is 5.69 Å². The zero-order chi connectivity index (χ0) is 25.8. The molecule has 1 aromatic carbocycles. The van der Waals surface area contributed by atoms with Gasteiger partial charge in [0.2, 0.25) is 5.91 Å². The number of anilines is 2. The van der Waals surface area contributed by atoms with Crippen molar-refractivity contribution in [1.29, 1.82) is 0 Å². The highest BCUT2D eigenvalue weighted by Crippen LogP contribution is 2.24. The van der Waals surface area contributed by atoms with Crippen LogP contribution >= 0.6 is 0 Å². The Balaban J connectivity index is 1.70. The van der Waals surface area contributed by atoms with Gasteiger partial charge in [-0.2, -0.15) is 4.98 Å². The van der Waals surface area contributed by atoms with E-state index >= 15 is 0 Å². The molecule has 0 atom stereocenters. The summed E-state index contributed by atoms with van der Waals surface area (Å²) in [7, 11) is 3.42. The van der Waals surface area contributed by atoms with Gasteiger partial charge in [-0.15, -0.1) is 0 Å². The van der Waals surface area contributed by atoms with Gasteiger partial charge in [0.1, 0.15) is 5.60 Å². The molecule has 0 saturated heterocycles. The lowest BCUT2D eigenvalue weighted by atomic mass is 10.1. The summed E-state index contributed by atoms with van der Waals surface area (Å²) in [6.45, 7) is 7.72. The predicted octanol–water partition coefficient (Wildman–Crippen LogP) is 3.72. The number of ether oxygens (including phenoxy) is 1. The van der Waals surface area contributed by atoms with Gasteiger partial charge in [-0.3, -0.25) is 15.1 Å². The molecular weight excluding hydrogens is 450 g/mol. The van der Waals surface area contributed by atoms with Crippen molar-refractivity contribution in [1.82, 2.24) is 14.9 Å². The molecule has 0 aliphatic carbocycles. The maximum absolute atomic E-state index is 12.8. The molecule has 0 saturated carbocycles. The van der Waals surface area contributed by atoms with Gasteiger partial charge in [0.05, 0.1) is 23.1 Å². The molecule has 1 N–H and O–H groups in total. The highest BCUT2D eigenvalue weighted by molar-refractivity contribution is 5.93. The largest absolute Gasteiger partial charge is 0.444 e. The lowest BCUT2D eigenvalue weighted by Gasteiger charge is -2.21. The maximum Gasteiger partial charge on any atom is 0.412 e. The molecule has 0 spiro atoms. The Kier molecular flexibility index (Phi) is 7.73. The molecule has 2 heterocycles. The molecule has 10 heteroatoms. The first-order valence-electron chi connectivity index (χ1n) is 11.2. The Hall–Kier alpha value is -3.95. The van der Waals surface area contributed by atoms with E-state index in [0.29, 0.717) is 29.9 Å². The Bertz CT molecular complexity index is 1270. The number of aromatic nitrogens is 2. The molecule has 0 radical (unpaired) electrons. The lowest BCUT2D eigenvalue weighted by Crippen LogP contribution is -2.31. The van der Waals surface area contributed by atoms with Crippen LogP contribution in [0, 0.1) is 6.92 Å². The molecule has 3 aromatic rings. The number of hydrogen-bond donors (Lipinski definition) is 1. The molecule has 0 bridgehead atoms. The first-order valence-corrected chi connectivity index (χ1v) is 11.2. The van der Waals surface area contributed by atoms with Crippen LogP contribution in [0.3, 0.4) is 0 Å². The van der Waals surface area contributed by atoms with Crippen LogP contribution in [-0.4, -0.2) is 53.1 Å². The predicted molar refractivity (Wildman–Crippen MR) is 133 cm³/mol. The first kappa shape index (κ1) is 25.7. The number of hydrogen-bond acceptors (Lipinski definition) is 8. The van der Waals surface area contributed by atoms with E-state index in [1.165, 1.54) is 0 Å². The number of nitrogens with one attached hydrogen (secondary N) is 1. The third-order valence-electron chi connectivity index (χ3n) is 5.22. The molecule has 0 aliphatic rings. The number of aryl methyl sites for hydroxylation is 1. The van der Waals surface area contributed by atoms with Gasteiger partial charge in [-0.25, -0.2) is 9.59 Å². The van der Waals surface area contributed by atoms with Crippen LogP contribution in [0.2, 0.25) is 0 Å². The van der Waals surface area contributed by atoms with E-state index in [4.69, 9.17) is 9.15 Å². The number of benzene rings is 1. The zero-order valence-electron chi connectivity index (χ0n) is 20.9. The van der Waals surface area contributed by atoms with Gasteiger partial charge in [0.15, 0.2) is 0 Å². The topological polar surface area (TPSA) is 118 Å². The molecular formula is C25H31N5O5. The number of rotatable bonds is 7. The van der Waals surface area contributed by atoms with Crippen molar-refractivity contribution in [3.8, 4) is 0 Å². The monoisotopic (exact) mass is 481 g/mol. The van der Waals surface area contributed by atoms with Crippen LogP contribution in [0.4, 0.5) is 16.5 Å². The molecule has 10 nitrogen and oxygen atoms in total. The van der Waals surface area contributed by atoms with E-state index in [-0.39, 0.29) is 23.7 Å². The highest BCUT2D eigenvalue weighted by atomic mass is 16.6. The molecule has 0 fully saturated rings. The minimum absolute atomic E-state index is 0.0701. The van der Waals surface area contributed by atoms with Gasteiger partial charge in [-0.05, 0) is 57.5 Å². The van der Waals surface area contributed by atoms with E-state index < -0.39 is 17.3 Å². The first-order chi connectivity index (χ1) is 16.4. The second-order valence-corrected chi connectivity index (χ2v) is 9.29. The Morgan fingerprint density at radius 2 is 1.89 bits per heavy atom. The molecule has 2 aromatic heterocycles. The summed E-state index contributed by atoms with van der Waals surface area (Å²) in [5.41, 5.74) is 0.951. The standard InChI is InChI=1S/C25H31N5O5/c1-16-18(28-24(33)35-25(2,3)4)10-11-19-21(16)22(32)34-23(27-19)29(5)14-12-20(31)30(6)15-17-9-7-8-13-26-17/h7-11,13H,12,14-15H2,1-6H3,(H,28,33). The van der Waals surface area contributed by atoms with E-state index in [9.17, 15) is 14.4 Å². The van der Waals surface area contributed by atoms with Crippen molar-refractivity contribution in [3.63, 3.8) is 0 Å². The van der Waals surface area contributed by atoms with E-state index in [2.05, 4.69) is 15.3 Å². The number of carbonyl (C=O) groups excluding carboxylic acids is 2. The Morgan fingerprint density at radius 1 is 1.14 bits per heavy atom. The number of nitrogens with zero attached hydrogens (tertiary/aromatic N) is 4. The third-order valence-corrected chi connectivity index (χ3v) is 5.22. The van der Waals surface area contributed by atoms with Gasteiger partial charge in [0, 0.05) is 38.9 Å². The summed E-state index contributed by atoms with van der Waals surface area (Å²) in [5.74, 6) is -0.0701. The van der Waals surface area contributed by atoms with Gasteiger partial charge in [0.25, 0.3) is 6.01 Å². The molecule has 0 unspecified atom stereocenters. The number of fused-ring (bicyclic) bond motifs is 1. The van der Waals surface area contributed by atoms with E-state index in [1.807, 2.05) is 18.2 Å². The SMILES string of the molecule is Cc1c(NC(=O)OC(C)(C)C)ccc2nc(N(C)CCC(=O)N(C)Cc3ccccn3)oc(=O)c12. The molecule has 2 amide bonds. The molecule has 0 aliphatic heterocycles. The summed E-state index contributed by atoms with van der Waals surface area (Å²) in [4.78, 5) is 49.3. The summed E-state index contributed by atoms with van der Waals surface area (Å²) in [6.07, 6.45) is 1.28. The fourth-order valence-corrected chi connectivity index (χ4v) is 3.39. The van der Waals surface area contributed by atoms with Crippen LogP contribution in [0.1, 0.15) is 38.4 Å². The average molecular weight is 482 g/mol. The van der Waals surface area contributed by atoms with Crippen LogP contribution in [0.5, 0.6) is 0 Å². The Morgan fingerprint density at radius 3 is 2.54 bits per heavy atom. The number of amides is 2. The van der Waals surface area contributed by atoms with Crippen molar-refractivity contribution < 1.29 is 18.7 Å². The molecule has 35 heavy (non-hydrogen) atoms. The minimum atomic E-state index is -0.649. The third kappa shape index (κ3) is 6.78. The normalized spacial score (nSPS) is 11.3. The van der Waals surface area contributed by atoms with Crippen molar-refractivity contribution in [2.24, 2.45) is 0 Å². The van der Waals surface area contributed by atoms with Crippen molar-refractivity contribution in [2.45, 2.75) is 46.3 Å². The fourth-order valence-electron chi connectivity index (χ4n) is 3.39. The van der Waals surface area contributed by atoms with Gasteiger partial charge < -0.3 is 19.0 Å². The fraction of sp³-hybridized carbons (Fsp3) is 0.400. The van der Waals surface area contributed by atoms with Crippen LogP contribution in [-0.2, 0) is 16.1 Å². The van der Waals surface area contributed by atoms with Crippen molar-refractivity contribution in [3.05, 3.63) is 58.2 Å². The van der Waals surface area contributed by atoms with Gasteiger partial charge in [-0.1, -0.05) is 6.07 Å². The van der Waals surface area contributed by atoms with Crippen LogP contribution < -0.4 is 15.8 Å². The van der Waals surface area contributed by atoms with Crippen LogP contribution in [0.25, 0.3) is 10.9 Å². The van der Waals surface area contributed by atoms with Crippen molar-refractivity contribution in [2.75, 3.05) is 30.9 Å². The highest BCUT2D eigenvalue weighted by Gasteiger charge is 2.19. The van der Waals surface area contributed by atoms with Crippen molar-refractivity contribution >= 4 is 34.6 Å². The molecule has 3 rings (SSSR count). The average Bonchev–Trinajstić information content (AvgIpc) is 2.78. The number of carbonyl (C=O) groups is 2. The lowest BCUT2D eigenvalue weighted by molar-refractivity contribution is -0.130. The summed E-state index contributed by atoms with van der Waals surface area (Å²) in [6, 6.07) is 8.96. The maximum atomic E-state index is 12.8. The minimum Gasteiger partial charge on any atom is -0.444 e. The second-order valence-electron chi connectivity index (χ2n) is 9.29. The number of pyridine rings is 1. The van der Waals surface area contributed by atoms with Gasteiger partial charge >= 0.3 is 11.7 Å². The molecule has 186 valence electrons. The second kappa shape index (κ2) is 10.5.